The number of aromatic nitrogens is 1. The van der Waals surface area contributed by atoms with Gasteiger partial charge in [-0.15, -0.1) is 0 Å². The minimum atomic E-state index is -0.453. The Kier molecular flexibility index (Phi) is 6.65. The first-order valence-corrected chi connectivity index (χ1v) is 11.0. The summed E-state index contributed by atoms with van der Waals surface area (Å²) in [6.45, 7) is 4.03. The molecule has 0 N–H and O–H groups in total. The molecule has 1 aromatic heterocycles. The number of rotatable bonds is 7. The average molecular weight is 429 g/mol. The maximum atomic E-state index is 13.0. The van der Waals surface area contributed by atoms with E-state index in [1.54, 1.807) is 16.7 Å². The number of carbonyl (C=O) groups excluding carboxylic acids is 1. The van der Waals surface area contributed by atoms with E-state index in [1.807, 2.05) is 24.2 Å². The third kappa shape index (κ3) is 4.95. The van der Waals surface area contributed by atoms with Gasteiger partial charge in [-0.25, -0.2) is 4.39 Å². The zero-order chi connectivity index (χ0) is 21.8. The molecule has 0 radical (unpaired) electrons. The van der Waals surface area contributed by atoms with Crippen LogP contribution in [0.5, 0.6) is 5.75 Å². The number of hydrogen-bond acceptors (Lipinski definition) is 5. The molecule has 1 amide bonds. The molecule has 7 nitrogen and oxygen atoms in total. The Balaban J connectivity index is 1.24. The smallest absolute Gasteiger partial charge is 0.270 e. The van der Waals surface area contributed by atoms with Gasteiger partial charge in [0.05, 0.1) is 0 Å². The van der Waals surface area contributed by atoms with E-state index in [-0.39, 0.29) is 17.8 Å². The van der Waals surface area contributed by atoms with Gasteiger partial charge in [-0.1, -0.05) is 5.18 Å². The fourth-order valence-electron chi connectivity index (χ4n) is 4.54. The van der Waals surface area contributed by atoms with Gasteiger partial charge < -0.3 is 19.1 Å². The van der Waals surface area contributed by atoms with E-state index in [1.165, 1.54) is 12.1 Å². The number of hydrogen-bond donors (Lipinski definition) is 0. The summed E-state index contributed by atoms with van der Waals surface area (Å²) in [5.41, 5.74) is 1.33. The third-order valence-electron chi connectivity index (χ3n) is 6.31. The lowest BCUT2D eigenvalue weighted by Crippen LogP contribution is -2.40. The summed E-state index contributed by atoms with van der Waals surface area (Å²) in [4.78, 5) is 28.5. The van der Waals surface area contributed by atoms with Crippen LogP contribution in [0.4, 0.5) is 4.39 Å². The van der Waals surface area contributed by atoms with Gasteiger partial charge in [-0.2, -0.15) is 4.91 Å². The minimum Gasteiger partial charge on any atom is -0.490 e. The van der Waals surface area contributed by atoms with Crippen molar-refractivity contribution < 1.29 is 13.9 Å². The molecule has 0 saturated carbocycles. The number of aryl methyl sites for hydroxylation is 1. The van der Waals surface area contributed by atoms with Gasteiger partial charge in [-0.3, -0.25) is 4.79 Å². The van der Waals surface area contributed by atoms with E-state index in [0.29, 0.717) is 31.0 Å². The number of halogens is 1. The van der Waals surface area contributed by atoms with Crippen LogP contribution in [-0.4, -0.2) is 59.1 Å². The summed E-state index contributed by atoms with van der Waals surface area (Å²) in [5, 5.41) is 3.25. The highest BCUT2D eigenvalue weighted by atomic mass is 19.1. The highest BCUT2D eigenvalue weighted by molar-refractivity contribution is 5.95. The molecule has 2 aliphatic rings. The molecular formula is C23H29FN4O3. The van der Waals surface area contributed by atoms with Crippen molar-refractivity contribution in [2.75, 3.05) is 32.7 Å². The standard InChI is InChI=1S/C23H29FN4O3/c1-26-13-9-20-21(25-30)10-16-28(23(29)22(20)26)12-2-11-27-14-7-19(8-15-27)31-18-5-3-17(24)4-6-18/h3-6,9,13,19,21H,2,7-8,10-12,14-16H2,1H3. The molecule has 1 unspecified atom stereocenters. The van der Waals surface area contributed by atoms with Crippen LogP contribution in [-0.2, 0) is 7.05 Å². The van der Waals surface area contributed by atoms with E-state index in [4.69, 9.17) is 4.74 Å². The average Bonchev–Trinajstić information content (AvgIpc) is 3.10. The summed E-state index contributed by atoms with van der Waals surface area (Å²) in [7, 11) is 1.83. The molecule has 31 heavy (non-hydrogen) atoms. The van der Waals surface area contributed by atoms with Crippen molar-refractivity contribution in [3.63, 3.8) is 0 Å². The SMILES string of the molecule is Cn1ccc2c1C(=O)N(CCCN1CCC(Oc3ccc(F)cc3)CC1)CCC2N=O. The summed E-state index contributed by atoms with van der Waals surface area (Å²) in [5.74, 6) is 0.439. The maximum Gasteiger partial charge on any atom is 0.270 e. The lowest BCUT2D eigenvalue weighted by atomic mass is 10.1. The Labute approximate surface area is 181 Å². The quantitative estimate of drug-likeness (QED) is 0.630. The molecule has 0 spiro atoms. The van der Waals surface area contributed by atoms with Gasteiger partial charge in [0.25, 0.3) is 5.91 Å². The van der Waals surface area contributed by atoms with Crippen molar-refractivity contribution in [1.82, 2.24) is 14.4 Å². The van der Waals surface area contributed by atoms with Gasteiger partial charge >= 0.3 is 0 Å². The molecule has 2 aromatic rings. The molecule has 1 fully saturated rings. The lowest BCUT2D eigenvalue weighted by molar-refractivity contribution is 0.0727. The molecule has 8 heteroatoms. The molecule has 1 aromatic carbocycles. The number of ether oxygens (including phenoxy) is 1. The van der Waals surface area contributed by atoms with Crippen LogP contribution < -0.4 is 4.74 Å². The first-order valence-electron chi connectivity index (χ1n) is 11.0. The van der Waals surface area contributed by atoms with Crippen molar-refractivity contribution in [3.05, 3.63) is 58.5 Å². The van der Waals surface area contributed by atoms with Crippen LogP contribution in [0.2, 0.25) is 0 Å². The van der Waals surface area contributed by atoms with Gasteiger partial charge in [0.15, 0.2) is 0 Å². The highest BCUT2D eigenvalue weighted by Gasteiger charge is 2.31. The topological polar surface area (TPSA) is 67.1 Å². The summed E-state index contributed by atoms with van der Waals surface area (Å²) >= 11 is 0. The van der Waals surface area contributed by atoms with Crippen molar-refractivity contribution in [2.24, 2.45) is 12.2 Å². The Bertz CT molecular complexity index is 906. The van der Waals surface area contributed by atoms with E-state index in [9.17, 15) is 14.1 Å². The number of likely N-dealkylation sites (tertiary alicyclic amines) is 1. The number of fused-ring (bicyclic) bond motifs is 1. The predicted molar refractivity (Wildman–Crippen MR) is 116 cm³/mol. The van der Waals surface area contributed by atoms with Crippen LogP contribution in [0, 0.1) is 10.7 Å². The van der Waals surface area contributed by atoms with Crippen LogP contribution in [0.1, 0.15) is 47.8 Å². The fourth-order valence-corrected chi connectivity index (χ4v) is 4.54. The lowest BCUT2D eigenvalue weighted by Gasteiger charge is -2.32. The van der Waals surface area contributed by atoms with Gasteiger partial charge in [0.1, 0.15) is 29.4 Å². The summed E-state index contributed by atoms with van der Waals surface area (Å²) in [6.07, 6.45) is 5.28. The van der Waals surface area contributed by atoms with Gasteiger partial charge in [-0.05, 0) is 62.6 Å². The Hall–Kier alpha value is -2.74. The number of carbonyl (C=O) groups is 1. The van der Waals surface area contributed by atoms with Crippen LogP contribution in [0.25, 0.3) is 0 Å². The summed E-state index contributed by atoms with van der Waals surface area (Å²) < 4.78 is 20.8. The molecule has 2 aliphatic heterocycles. The first kappa shape index (κ1) is 21.5. The first-order chi connectivity index (χ1) is 15.0. The van der Waals surface area contributed by atoms with E-state index in [0.717, 1.165) is 44.5 Å². The monoisotopic (exact) mass is 428 g/mol. The van der Waals surface area contributed by atoms with Crippen LogP contribution >= 0.6 is 0 Å². The van der Waals surface area contributed by atoms with E-state index < -0.39 is 6.04 Å². The molecular weight excluding hydrogens is 399 g/mol. The fraction of sp³-hybridized carbons (Fsp3) is 0.522. The zero-order valence-electron chi connectivity index (χ0n) is 17.9. The second kappa shape index (κ2) is 9.60. The van der Waals surface area contributed by atoms with E-state index in [2.05, 4.69) is 10.1 Å². The van der Waals surface area contributed by atoms with E-state index >= 15 is 0 Å². The van der Waals surface area contributed by atoms with Gasteiger partial charge in [0.2, 0.25) is 0 Å². The molecule has 0 bridgehead atoms. The number of nitrogens with zero attached hydrogens (tertiary/aromatic N) is 4. The zero-order valence-corrected chi connectivity index (χ0v) is 17.9. The van der Waals surface area contributed by atoms with Crippen molar-refractivity contribution >= 4 is 5.91 Å². The molecule has 3 heterocycles. The Morgan fingerprint density at radius 2 is 1.81 bits per heavy atom. The third-order valence-corrected chi connectivity index (χ3v) is 6.31. The second-order valence-electron chi connectivity index (χ2n) is 8.40. The van der Waals surface area contributed by atoms with Crippen LogP contribution in [0.3, 0.4) is 0 Å². The predicted octanol–water partition coefficient (Wildman–Crippen LogP) is 3.75. The largest absolute Gasteiger partial charge is 0.490 e. The maximum absolute atomic E-state index is 13.0. The number of benzene rings is 1. The number of amides is 1. The molecule has 0 aliphatic carbocycles. The molecule has 166 valence electrons. The second-order valence-corrected chi connectivity index (χ2v) is 8.40. The minimum absolute atomic E-state index is 0.0138. The number of piperidine rings is 1. The summed E-state index contributed by atoms with van der Waals surface area (Å²) in [6, 6.07) is 7.55. The number of nitroso groups, excluding NO2 is 1. The van der Waals surface area contributed by atoms with Crippen LogP contribution in [0.15, 0.2) is 41.7 Å². The molecule has 1 saturated heterocycles. The molecule has 4 rings (SSSR count). The molecule has 1 atom stereocenters. The van der Waals surface area contributed by atoms with Crippen molar-refractivity contribution in [1.29, 1.82) is 0 Å². The van der Waals surface area contributed by atoms with Gasteiger partial charge in [0, 0.05) is 45.0 Å². The van der Waals surface area contributed by atoms with Crippen molar-refractivity contribution in [2.45, 2.75) is 37.8 Å². The Morgan fingerprint density at radius 1 is 1.06 bits per heavy atom. The van der Waals surface area contributed by atoms with Crippen molar-refractivity contribution in [3.8, 4) is 5.75 Å². The normalized spacial score (nSPS) is 20.4. The Morgan fingerprint density at radius 3 is 2.52 bits per heavy atom. The highest BCUT2D eigenvalue weighted by Crippen LogP contribution is 2.30.